The van der Waals surface area contributed by atoms with E-state index < -0.39 is 26.6 Å². The SMILES string of the molecule is Cc1cc(N2CCOCC2)nc(Nc2ccc(NS(=O)(=O)c3c(F)cccc3F)cc2)n1. The van der Waals surface area contributed by atoms with E-state index >= 15 is 0 Å². The molecule has 2 heterocycles. The molecule has 2 aromatic carbocycles. The van der Waals surface area contributed by atoms with Crippen LogP contribution in [0.25, 0.3) is 0 Å². The van der Waals surface area contributed by atoms with Crippen LogP contribution in [0, 0.1) is 18.6 Å². The molecule has 0 saturated carbocycles. The minimum Gasteiger partial charge on any atom is -0.378 e. The highest BCUT2D eigenvalue weighted by Gasteiger charge is 2.23. The highest BCUT2D eigenvalue weighted by atomic mass is 32.2. The average Bonchev–Trinajstić information content (AvgIpc) is 2.75. The Kier molecular flexibility index (Phi) is 6.19. The minimum absolute atomic E-state index is 0.150. The first kappa shape index (κ1) is 21.9. The third-order valence-electron chi connectivity index (χ3n) is 4.76. The van der Waals surface area contributed by atoms with Gasteiger partial charge >= 0.3 is 0 Å². The molecule has 168 valence electrons. The predicted octanol–water partition coefficient (Wildman–Crippen LogP) is 3.44. The number of nitrogens with zero attached hydrogens (tertiary/aromatic N) is 3. The molecule has 0 spiro atoms. The first-order valence-corrected chi connectivity index (χ1v) is 11.3. The summed E-state index contributed by atoms with van der Waals surface area (Å²) in [6.45, 7) is 4.64. The number of morpholine rings is 1. The second-order valence-electron chi connectivity index (χ2n) is 7.15. The van der Waals surface area contributed by atoms with Crippen LogP contribution in [0.3, 0.4) is 0 Å². The highest BCUT2D eigenvalue weighted by molar-refractivity contribution is 7.92. The number of aromatic nitrogens is 2. The minimum atomic E-state index is -4.43. The normalized spacial score (nSPS) is 14.3. The summed E-state index contributed by atoms with van der Waals surface area (Å²) in [4.78, 5) is 10.0. The Morgan fingerprint density at radius 3 is 2.25 bits per heavy atom. The van der Waals surface area contributed by atoms with Crippen LogP contribution in [-0.2, 0) is 14.8 Å². The zero-order valence-corrected chi connectivity index (χ0v) is 18.0. The molecule has 1 aliphatic rings. The number of aryl methyl sites for hydroxylation is 1. The standard InChI is InChI=1S/C21H21F2N5O3S/c1-14-13-19(28-9-11-31-12-10-28)26-21(24-14)25-15-5-7-16(8-6-15)27-32(29,30)20-17(22)3-2-4-18(20)23/h2-8,13,27H,9-12H2,1H3,(H,24,25,26). The molecular weight excluding hydrogens is 440 g/mol. The summed E-state index contributed by atoms with van der Waals surface area (Å²) in [5, 5.41) is 3.09. The van der Waals surface area contributed by atoms with Gasteiger partial charge in [0.1, 0.15) is 17.5 Å². The Morgan fingerprint density at radius 2 is 1.59 bits per heavy atom. The number of sulfonamides is 1. The molecule has 1 aliphatic heterocycles. The lowest BCUT2D eigenvalue weighted by molar-refractivity contribution is 0.122. The van der Waals surface area contributed by atoms with Gasteiger partial charge in [-0.1, -0.05) is 6.07 Å². The van der Waals surface area contributed by atoms with E-state index in [0.29, 0.717) is 24.8 Å². The third-order valence-corrected chi connectivity index (χ3v) is 6.19. The molecule has 0 unspecified atom stereocenters. The summed E-state index contributed by atoms with van der Waals surface area (Å²) < 4.78 is 60.1. The Balaban J connectivity index is 1.49. The van der Waals surface area contributed by atoms with Crippen LogP contribution >= 0.6 is 0 Å². The molecule has 32 heavy (non-hydrogen) atoms. The van der Waals surface area contributed by atoms with Crippen LogP contribution in [0.5, 0.6) is 0 Å². The van der Waals surface area contributed by atoms with Crippen molar-refractivity contribution in [1.29, 1.82) is 0 Å². The maximum Gasteiger partial charge on any atom is 0.267 e. The van der Waals surface area contributed by atoms with Crippen LogP contribution in [0.1, 0.15) is 5.69 Å². The fourth-order valence-electron chi connectivity index (χ4n) is 3.26. The Labute approximate surface area is 184 Å². The van der Waals surface area contributed by atoms with Gasteiger partial charge in [0.2, 0.25) is 5.95 Å². The number of benzene rings is 2. The van der Waals surface area contributed by atoms with Crippen molar-refractivity contribution in [2.75, 3.05) is 41.2 Å². The largest absolute Gasteiger partial charge is 0.378 e. The van der Waals surface area contributed by atoms with Crippen LogP contribution in [0.15, 0.2) is 53.4 Å². The summed E-state index contributed by atoms with van der Waals surface area (Å²) in [5.74, 6) is -1.14. The first-order chi connectivity index (χ1) is 15.3. The lowest BCUT2D eigenvalue weighted by Crippen LogP contribution is -2.36. The van der Waals surface area contributed by atoms with Gasteiger partial charge in [0.15, 0.2) is 4.90 Å². The molecule has 1 saturated heterocycles. The molecule has 1 fully saturated rings. The Bertz CT molecular complexity index is 1200. The van der Waals surface area contributed by atoms with E-state index in [4.69, 9.17) is 4.74 Å². The van der Waals surface area contributed by atoms with Gasteiger partial charge in [-0.05, 0) is 43.3 Å². The van der Waals surface area contributed by atoms with Gasteiger partial charge in [-0.25, -0.2) is 22.2 Å². The maximum atomic E-state index is 13.9. The third kappa shape index (κ3) is 4.94. The van der Waals surface area contributed by atoms with Gasteiger partial charge in [0.25, 0.3) is 10.0 Å². The van der Waals surface area contributed by atoms with Gasteiger partial charge < -0.3 is 15.0 Å². The number of rotatable bonds is 6. The van der Waals surface area contributed by atoms with Crippen molar-refractivity contribution in [2.24, 2.45) is 0 Å². The van der Waals surface area contributed by atoms with Crippen LogP contribution in [0.4, 0.5) is 31.9 Å². The van der Waals surface area contributed by atoms with E-state index in [-0.39, 0.29) is 5.69 Å². The second kappa shape index (κ2) is 9.05. The van der Waals surface area contributed by atoms with Gasteiger partial charge in [-0.3, -0.25) is 4.72 Å². The lowest BCUT2D eigenvalue weighted by Gasteiger charge is -2.28. The summed E-state index contributed by atoms with van der Waals surface area (Å²) in [6.07, 6.45) is 0. The molecule has 0 radical (unpaired) electrons. The van der Waals surface area contributed by atoms with Crippen molar-refractivity contribution < 1.29 is 21.9 Å². The highest BCUT2D eigenvalue weighted by Crippen LogP contribution is 2.24. The number of hydrogen-bond donors (Lipinski definition) is 2. The summed E-state index contributed by atoms with van der Waals surface area (Å²) in [5.41, 5.74) is 1.56. The van der Waals surface area contributed by atoms with E-state index in [1.807, 2.05) is 13.0 Å². The van der Waals surface area contributed by atoms with E-state index in [9.17, 15) is 17.2 Å². The Hall–Kier alpha value is -3.31. The predicted molar refractivity (Wildman–Crippen MR) is 117 cm³/mol. The zero-order chi connectivity index (χ0) is 22.7. The number of anilines is 4. The molecule has 4 rings (SSSR count). The molecule has 0 aliphatic carbocycles. The quantitative estimate of drug-likeness (QED) is 0.581. The van der Waals surface area contributed by atoms with E-state index in [1.165, 1.54) is 12.1 Å². The van der Waals surface area contributed by atoms with E-state index in [0.717, 1.165) is 42.8 Å². The van der Waals surface area contributed by atoms with Crippen LogP contribution < -0.4 is 14.9 Å². The first-order valence-electron chi connectivity index (χ1n) is 9.84. The number of halogens is 2. The van der Waals surface area contributed by atoms with Crippen molar-refractivity contribution in [2.45, 2.75) is 11.8 Å². The molecule has 0 bridgehead atoms. The summed E-state index contributed by atoms with van der Waals surface area (Å²) >= 11 is 0. The van der Waals surface area contributed by atoms with E-state index in [1.54, 1.807) is 12.1 Å². The van der Waals surface area contributed by atoms with E-state index in [2.05, 4.69) is 24.9 Å². The average molecular weight is 461 g/mol. The molecule has 1 aromatic heterocycles. The monoisotopic (exact) mass is 461 g/mol. The van der Waals surface area contributed by atoms with Crippen molar-refractivity contribution in [3.05, 3.63) is 65.9 Å². The fraction of sp³-hybridized carbons (Fsp3) is 0.238. The maximum absolute atomic E-state index is 13.9. The number of ether oxygens (including phenoxy) is 1. The molecular formula is C21H21F2N5O3S. The zero-order valence-electron chi connectivity index (χ0n) is 17.2. The lowest BCUT2D eigenvalue weighted by atomic mass is 10.3. The number of hydrogen-bond acceptors (Lipinski definition) is 7. The topological polar surface area (TPSA) is 96.5 Å². The van der Waals surface area contributed by atoms with Crippen molar-refractivity contribution in [3.8, 4) is 0 Å². The van der Waals surface area contributed by atoms with Crippen LogP contribution in [0.2, 0.25) is 0 Å². The molecule has 8 nitrogen and oxygen atoms in total. The van der Waals surface area contributed by atoms with Crippen LogP contribution in [-0.4, -0.2) is 44.7 Å². The number of nitrogens with one attached hydrogen (secondary N) is 2. The van der Waals surface area contributed by atoms with Crippen molar-refractivity contribution >= 4 is 33.2 Å². The molecule has 2 N–H and O–H groups in total. The molecule has 11 heteroatoms. The smallest absolute Gasteiger partial charge is 0.267 e. The second-order valence-corrected chi connectivity index (χ2v) is 8.77. The van der Waals surface area contributed by atoms with Gasteiger partial charge in [-0.2, -0.15) is 4.98 Å². The fourth-order valence-corrected chi connectivity index (χ4v) is 4.46. The van der Waals surface area contributed by atoms with Gasteiger partial charge in [-0.15, -0.1) is 0 Å². The van der Waals surface area contributed by atoms with Crippen molar-refractivity contribution in [1.82, 2.24) is 9.97 Å². The van der Waals surface area contributed by atoms with Crippen molar-refractivity contribution in [3.63, 3.8) is 0 Å². The Morgan fingerprint density at radius 1 is 0.969 bits per heavy atom. The van der Waals surface area contributed by atoms with Gasteiger partial charge in [0.05, 0.1) is 13.2 Å². The summed E-state index contributed by atoms with van der Waals surface area (Å²) in [6, 6.07) is 10.9. The molecule has 0 atom stereocenters. The van der Waals surface area contributed by atoms with Gasteiger partial charge in [0, 0.05) is 36.2 Å². The molecule has 3 aromatic rings. The molecule has 0 amide bonds. The summed E-state index contributed by atoms with van der Waals surface area (Å²) in [7, 11) is -4.43.